The predicted molar refractivity (Wildman–Crippen MR) is 109 cm³/mol. The number of guanidine groups is 1. The number of amides is 1. The van der Waals surface area contributed by atoms with Crippen LogP contribution in [0.25, 0.3) is 0 Å². The molecule has 26 heavy (non-hydrogen) atoms. The van der Waals surface area contributed by atoms with E-state index in [1.807, 2.05) is 13.8 Å². The highest BCUT2D eigenvalue weighted by atomic mass is 127. The van der Waals surface area contributed by atoms with Gasteiger partial charge in [0, 0.05) is 26.2 Å². The third-order valence-corrected chi connectivity index (χ3v) is 3.29. The summed E-state index contributed by atoms with van der Waals surface area (Å²) in [6.45, 7) is 1.90. The number of hydrogen-bond donors (Lipinski definition) is 2. The Bertz CT molecular complexity index is 598. The van der Waals surface area contributed by atoms with Crippen LogP contribution in [-0.4, -0.2) is 50.6 Å². The normalized spacial score (nSPS) is 11.0. The minimum atomic E-state index is -2.89. The van der Waals surface area contributed by atoms with Gasteiger partial charge in [-0.25, -0.2) is 4.99 Å². The van der Waals surface area contributed by atoms with E-state index in [0.717, 1.165) is 12.0 Å². The third kappa shape index (κ3) is 9.16. The number of nitrogens with zero attached hydrogens (tertiary/aromatic N) is 2. The molecule has 0 saturated carbocycles. The van der Waals surface area contributed by atoms with Gasteiger partial charge in [0.25, 0.3) is 0 Å². The Morgan fingerprint density at radius 1 is 1.31 bits per heavy atom. The smallest absolute Gasteiger partial charge is 0.387 e. The van der Waals surface area contributed by atoms with E-state index < -0.39 is 6.61 Å². The average molecular weight is 484 g/mol. The molecule has 9 heteroatoms. The van der Waals surface area contributed by atoms with Gasteiger partial charge in [0.1, 0.15) is 5.75 Å². The molecule has 0 spiro atoms. The molecule has 1 rings (SSSR count). The van der Waals surface area contributed by atoms with Crippen molar-refractivity contribution in [2.24, 2.45) is 4.99 Å². The van der Waals surface area contributed by atoms with E-state index in [0.29, 0.717) is 18.1 Å². The van der Waals surface area contributed by atoms with E-state index in [2.05, 4.69) is 20.4 Å². The summed E-state index contributed by atoms with van der Waals surface area (Å²) >= 11 is 0. The molecular weight excluding hydrogens is 457 g/mol. The molecular formula is C17H27F2IN4O2. The number of halogens is 3. The maximum atomic E-state index is 12.5. The first-order valence-corrected chi connectivity index (χ1v) is 8.10. The zero-order valence-corrected chi connectivity index (χ0v) is 17.8. The van der Waals surface area contributed by atoms with Gasteiger partial charge in [-0.3, -0.25) is 4.79 Å². The number of nitrogens with one attached hydrogen (secondary N) is 2. The Kier molecular flexibility index (Phi) is 11.9. The van der Waals surface area contributed by atoms with E-state index in [9.17, 15) is 13.6 Å². The summed E-state index contributed by atoms with van der Waals surface area (Å²) in [6, 6.07) is 4.97. The Morgan fingerprint density at radius 3 is 2.58 bits per heavy atom. The SMILES string of the molecule is CCCNC(=NCc1cc(C)ccc1OC(F)F)NCC(=O)N(C)C.I. The standard InChI is InChI=1S/C17H26F2N4O2.HI/c1-5-8-20-17(22-11-15(24)23(3)4)21-10-13-9-12(2)6-7-14(13)25-16(18)19;/h6-7,9,16H,5,8,10-11H2,1-4H3,(H2,20,21,22);1H. The van der Waals surface area contributed by atoms with E-state index in [1.165, 1.54) is 11.0 Å². The zero-order valence-electron chi connectivity index (χ0n) is 15.5. The van der Waals surface area contributed by atoms with Gasteiger partial charge in [-0.1, -0.05) is 24.6 Å². The second kappa shape index (κ2) is 12.7. The fourth-order valence-corrected chi connectivity index (χ4v) is 1.94. The highest BCUT2D eigenvalue weighted by molar-refractivity contribution is 14.0. The number of ether oxygens (including phenoxy) is 1. The van der Waals surface area contributed by atoms with Gasteiger partial charge in [0.15, 0.2) is 5.96 Å². The first-order chi connectivity index (χ1) is 11.8. The summed E-state index contributed by atoms with van der Waals surface area (Å²) < 4.78 is 29.6. The van der Waals surface area contributed by atoms with Crippen molar-refractivity contribution in [3.05, 3.63) is 29.3 Å². The lowest BCUT2D eigenvalue weighted by molar-refractivity contribution is -0.127. The molecule has 0 unspecified atom stereocenters. The van der Waals surface area contributed by atoms with Crippen LogP contribution in [-0.2, 0) is 11.3 Å². The van der Waals surface area contributed by atoms with Gasteiger partial charge in [-0.15, -0.1) is 24.0 Å². The fourth-order valence-electron chi connectivity index (χ4n) is 1.94. The molecule has 1 amide bonds. The summed E-state index contributed by atoms with van der Waals surface area (Å²) in [4.78, 5) is 17.5. The van der Waals surface area contributed by atoms with Gasteiger partial charge in [-0.05, 0) is 19.4 Å². The Morgan fingerprint density at radius 2 is 2.00 bits per heavy atom. The monoisotopic (exact) mass is 484 g/mol. The second-order valence-corrected chi connectivity index (χ2v) is 5.72. The van der Waals surface area contributed by atoms with Crippen LogP contribution in [0.15, 0.2) is 23.2 Å². The summed E-state index contributed by atoms with van der Waals surface area (Å²) in [6.07, 6.45) is 0.881. The third-order valence-electron chi connectivity index (χ3n) is 3.29. The van der Waals surface area contributed by atoms with Crippen molar-refractivity contribution >= 4 is 35.8 Å². The number of carbonyl (C=O) groups is 1. The number of likely N-dealkylation sites (N-methyl/N-ethyl adjacent to an activating group) is 1. The molecule has 0 radical (unpaired) electrons. The Hall–Kier alpha value is -1.65. The Balaban J connectivity index is 0.00000625. The van der Waals surface area contributed by atoms with Crippen molar-refractivity contribution in [1.82, 2.24) is 15.5 Å². The lowest BCUT2D eigenvalue weighted by Gasteiger charge is -2.15. The van der Waals surface area contributed by atoms with Crippen molar-refractivity contribution in [1.29, 1.82) is 0 Å². The minimum absolute atomic E-state index is 0. The molecule has 0 saturated heterocycles. The minimum Gasteiger partial charge on any atom is -0.434 e. The highest BCUT2D eigenvalue weighted by Crippen LogP contribution is 2.22. The molecule has 0 aromatic heterocycles. The highest BCUT2D eigenvalue weighted by Gasteiger charge is 2.11. The van der Waals surface area contributed by atoms with Gasteiger partial charge < -0.3 is 20.3 Å². The van der Waals surface area contributed by atoms with Crippen molar-refractivity contribution in [2.45, 2.75) is 33.4 Å². The zero-order chi connectivity index (χ0) is 18.8. The van der Waals surface area contributed by atoms with Crippen molar-refractivity contribution in [3.8, 4) is 5.75 Å². The molecule has 0 aliphatic carbocycles. The molecule has 6 nitrogen and oxygen atoms in total. The van der Waals surface area contributed by atoms with E-state index in [1.54, 1.807) is 26.2 Å². The lowest BCUT2D eigenvalue weighted by Crippen LogP contribution is -2.43. The number of benzene rings is 1. The number of rotatable bonds is 8. The van der Waals surface area contributed by atoms with Crippen LogP contribution in [0.5, 0.6) is 5.75 Å². The fraction of sp³-hybridized carbons (Fsp3) is 0.529. The van der Waals surface area contributed by atoms with E-state index >= 15 is 0 Å². The van der Waals surface area contributed by atoms with Gasteiger partial charge in [0.05, 0.1) is 13.1 Å². The molecule has 1 aromatic carbocycles. The molecule has 0 aliphatic heterocycles. The largest absolute Gasteiger partial charge is 0.434 e. The number of alkyl halides is 2. The lowest BCUT2D eigenvalue weighted by atomic mass is 10.1. The first-order valence-electron chi connectivity index (χ1n) is 8.10. The molecule has 0 fully saturated rings. The van der Waals surface area contributed by atoms with Crippen LogP contribution in [0.2, 0.25) is 0 Å². The summed E-state index contributed by atoms with van der Waals surface area (Å²) in [5, 5.41) is 6.03. The number of aliphatic imine (C=N–C) groups is 1. The van der Waals surface area contributed by atoms with Crippen LogP contribution in [0.3, 0.4) is 0 Å². The van der Waals surface area contributed by atoms with E-state index in [4.69, 9.17) is 0 Å². The van der Waals surface area contributed by atoms with Gasteiger partial charge in [-0.2, -0.15) is 8.78 Å². The van der Waals surface area contributed by atoms with Crippen molar-refractivity contribution in [2.75, 3.05) is 27.2 Å². The topological polar surface area (TPSA) is 66.0 Å². The van der Waals surface area contributed by atoms with Crippen LogP contribution >= 0.6 is 24.0 Å². The van der Waals surface area contributed by atoms with Crippen LogP contribution < -0.4 is 15.4 Å². The molecule has 1 aromatic rings. The van der Waals surface area contributed by atoms with Crippen LogP contribution in [0.4, 0.5) is 8.78 Å². The molecule has 2 N–H and O–H groups in total. The Labute approximate surface area is 170 Å². The number of carbonyl (C=O) groups excluding carboxylic acids is 1. The summed E-state index contributed by atoms with van der Waals surface area (Å²) in [7, 11) is 3.34. The van der Waals surface area contributed by atoms with E-state index in [-0.39, 0.29) is 48.7 Å². The molecule has 0 atom stereocenters. The predicted octanol–water partition coefficient (Wildman–Crippen LogP) is 2.75. The quantitative estimate of drug-likeness (QED) is 0.339. The molecule has 0 bridgehead atoms. The molecule has 0 heterocycles. The number of hydrogen-bond acceptors (Lipinski definition) is 3. The molecule has 0 aliphatic rings. The first kappa shape index (κ1) is 24.4. The summed E-state index contributed by atoms with van der Waals surface area (Å²) in [5.41, 5.74) is 1.47. The van der Waals surface area contributed by atoms with Gasteiger partial charge >= 0.3 is 6.61 Å². The maximum absolute atomic E-state index is 12.5. The average Bonchev–Trinajstić information content (AvgIpc) is 2.55. The molecule has 148 valence electrons. The maximum Gasteiger partial charge on any atom is 0.387 e. The van der Waals surface area contributed by atoms with Gasteiger partial charge in [0.2, 0.25) is 5.91 Å². The van der Waals surface area contributed by atoms with Crippen LogP contribution in [0, 0.1) is 6.92 Å². The van der Waals surface area contributed by atoms with Crippen molar-refractivity contribution in [3.63, 3.8) is 0 Å². The van der Waals surface area contributed by atoms with Crippen molar-refractivity contribution < 1.29 is 18.3 Å². The van der Waals surface area contributed by atoms with Crippen LogP contribution in [0.1, 0.15) is 24.5 Å². The second-order valence-electron chi connectivity index (χ2n) is 5.72. The summed E-state index contributed by atoms with van der Waals surface area (Å²) in [5.74, 6) is 0.452. The number of aryl methyl sites for hydroxylation is 1.